The van der Waals surface area contributed by atoms with Crippen LogP contribution >= 0.6 is 11.8 Å². The molecule has 1 aromatic rings. The van der Waals surface area contributed by atoms with Gasteiger partial charge in [-0.3, -0.25) is 9.36 Å². The molecule has 21 heavy (non-hydrogen) atoms. The van der Waals surface area contributed by atoms with E-state index < -0.39 is 0 Å². The van der Waals surface area contributed by atoms with Gasteiger partial charge in [-0.1, -0.05) is 31.5 Å². The normalized spacial score (nSPS) is 14.0. The molecule has 0 aromatic carbocycles. The largest absolute Gasteiger partial charge is 0.357 e. The quantitative estimate of drug-likeness (QED) is 0.572. The van der Waals surface area contributed by atoms with Crippen LogP contribution in [0.4, 0.5) is 5.82 Å². The Morgan fingerprint density at radius 3 is 2.67 bits per heavy atom. The van der Waals surface area contributed by atoms with Crippen molar-refractivity contribution in [2.24, 2.45) is 0 Å². The van der Waals surface area contributed by atoms with Crippen LogP contribution in [0.2, 0.25) is 0 Å². The van der Waals surface area contributed by atoms with E-state index in [0.29, 0.717) is 0 Å². The minimum Gasteiger partial charge on any atom is -0.357 e. The third-order valence-corrected chi connectivity index (χ3v) is 5.12. The molecule has 118 valence electrons. The molecule has 1 aromatic heterocycles. The maximum Gasteiger partial charge on any atom is 0.259 e. The van der Waals surface area contributed by atoms with Gasteiger partial charge in [0.1, 0.15) is 5.82 Å². The van der Waals surface area contributed by atoms with Gasteiger partial charge in [0.05, 0.1) is 5.56 Å². The highest BCUT2D eigenvalue weighted by Crippen LogP contribution is 2.26. The van der Waals surface area contributed by atoms with Crippen molar-refractivity contribution in [2.75, 3.05) is 23.7 Å². The highest BCUT2D eigenvalue weighted by atomic mass is 32.2. The first-order valence-corrected chi connectivity index (χ1v) is 9.22. The SMILES string of the molecule is CCCCCc1c(N(CC)CC)nc2n(c1=O)CCCS2. The highest BCUT2D eigenvalue weighted by molar-refractivity contribution is 7.99. The molecule has 0 unspecified atom stereocenters. The number of rotatable bonds is 7. The summed E-state index contributed by atoms with van der Waals surface area (Å²) in [6.45, 7) is 9.08. The number of thioether (sulfide) groups is 1. The topological polar surface area (TPSA) is 38.1 Å². The molecule has 2 heterocycles. The molecule has 4 nitrogen and oxygen atoms in total. The molecule has 0 atom stereocenters. The minimum atomic E-state index is 0.199. The van der Waals surface area contributed by atoms with Crippen molar-refractivity contribution in [3.8, 4) is 0 Å². The Hall–Kier alpha value is -0.970. The molecule has 0 amide bonds. The zero-order chi connectivity index (χ0) is 15.2. The predicted molar refractivity (Wildman–Crippen MR) is 90.6 cm³/mol. The fourth-order valence-electron chi connectivity index (χ4n) is 2.81. The summed E-state index contributed by atoms with van der Waals surface area (Å²) in [6, 6.07) is 0. The molecule has 0 N–H and O–H groups in total. The van der Waals surface area contributed by atoms with Crippen LogP contribution in [0.1, 0.15) is 52.0 Å². The second-order valence-corrected chi connectivity index (χ2v) is 6.55. The number of nitrogens with zero attached hydrogens (tertiary/aromatic N) is 3. The average Bonchev–Trinajstić information content (AvgIpc) is 2.51. The van der Waals surface area contributed by atoms with Crippen molar-refractivity contribution < 1.29 is 0 Å². The van der Waals surface area contributed by atoms with Gasteiger partial charge in [-0.05, 0) is 33.1 Å². The molecule has 1 aliphatic rings. The molecular weight excluding hydrogens is 282 g/mol. The van der Waals surface area contributed by atoms with Crippen LogP contribution in [0.25, 0.3) is 0 Å². The van der Waals surface area contributed by atoms with Gasteiger partial charge in [0.25, 0.3) is 5.56 Å². The molecule has 1 aliphatic heterocycles. The van der Waals surface area contributed by atoms with E-state index in [1.54, 1.807) is 11.8 Å². The lowest BCUT2D eigenvalue weighted by molar-refractivity contribution is 0.549. The molecule has 2 rings (SSSR count). The Morgan fingerprint density at radius 2 is 2.00 bits per heavy atom. The van der Waals surface area contributed by atoms with Crippen molar-refractivity contribution in [3.05, 3.63) is 15.9 Å². The standard InChI is InChI=1S/C16H27N3OS/c1-4-7-8-10-13-14(18(5-2)6-3)17-16-19(15(13)20)11-9-12-21-16/h4-12H2,1-3H3. The van der Waals surface area contributed by atoms with E-state index in [4.69, 9.17) is 4.98 Å². The van der Waals surface area contributed by atoms with E-state index >= 15 is 0 Å². The van der Waals surface area contributed by atoms with Gasteiger partial charge in [-0.15, -0.1) is 0 Å². The fraction of sp³-hybridized carbons (Fsp3) is 0.750. The predicted octanol–water partition coefficient (Wildman–Crippen LogP) is 3.32. The monoisotopic (exact) mass is 309 g/mol. The summed E-state index contributed by atoms with van der Waals surface area (Å²) < 4.78 is 1.89. The lowest BCUT2D eigenvalue weighted by Gasteiger charge is -2.26. The maximum atomic E-state index is 12.8. The lowest BCUT2D eigenvalue weighted by atomic mass is 10.1. The first-order chi connectivity index (χ1) is 10.2. The Bertz CT molecular complexity index is 523. The number of aromatic nitrogens is 2. The molecule has 0 bridgehead atoms. The molecule has 5 heteroatoms. The van der Waals surface area contributed by atoms with Gasteiger partial charge < -0.3 is 4.90 Å². The van der Waals surface area contributed by atoms with E-state index in [2.05, 4.69) is 25.7 Å². The lowest BCUT2D eigenvalue weighted by Crippen LogP contribution is -2.34. The first kappa shape index (κ1) is 16.4. The number of hydrogen-bond acceptors (Lipinski definition) is 4. The molecule has 0 radical (unpaired) electrons. The van der Waals surface area contributed by atoms with Gasteiger partial charge in [-0.2, -0.15) is 0 Å². The summed E-state index contributed by atoms with van der Waals surface area (Å²) >= 11 is 1.72. The highest BCUT2D eigenvalue weighted by Gasteiger charge is 2.21. The van der Waals surface area contributed by atoms with Gasteiger partial charge >= 0.3 is 0 Å². The molecule has 0 fully saturated rings. The van der Waals surface area contributed by atoms with Crippen molar-refractivity contribution in [2.45, 2.75) is 64.6 Å². The van der Waals surface area contributed by atoms with Crippen LogP contribution in [-0.4, -0.2) is 28.4 Å². The fourth-order valence-corrected chi connectivity index (χ4v) is 3.75. The molecule has 0 saturated carbocycles. The Labute approximate surface area is 131 Å². The van der Waals surface area contributed by atoms with Crippen LogP contribution in [0, 0.1) is 0 Å². The van der Waals surface area contributed by atoms with Crippen LogP contribution in [0.15, 0.2) is 9.95 Å². The van der Waals surface area contributed by atoms with Crippen LogP contribution in [0.3, 0.4) is 0 Å². The second-order valence-electron chi connectivity index (χ2n) is 5.48. The van der Waals surface area contributed by atoms with Crippen LogP contribution < -0.4 is 10.5 Å². The third kappa shape index (κ3) is 3.62. The zero-order valence-electron chi connectivity index (χ0n) is 13.5. The Morgan fingerprint density at radius 1 is 1.24 bits per heavy atom. The maximum absolute atomic E-state index is 12.8. The number of hydrogen-bond donors (Lipinski definition) is 0. The average molecular weight is 309 g/mol. The van der Waals surface area contributed by atoms with Gasteiger partial charge in [-0.25, -0.2) is 4.98 Å². The summed E-state index contributed by atoms with van der Waals surface area (Å²) in [6.07, 6.45) is 5.35. The summed E-state index contributed by atoms with van der Waals surface area (Å²) in [5.74, 6) is 2.00. The third-order valence-electron chi connectivity index (χ3n) is 4.06. The van der Waals surface area contributed by atoms with Crippen molar-refractivity contribution in [1.29, 1.82) is 0 Å². The van der Waals surface area contributed by atoms with Crippen LogP contribution in [-0.2, 0) is 13.0 Å². The molecular formula is C16H27N3OS. The van der Waals surface area contributed by atoms with E-state index in [0.717, 1.165) is 61.2 Å². The van der Waals surface area contributed by atoms with E-state index in [-0.39, 0.29) is 5.56 Å². The number of fused-ring (bicyclic) bond motifs is 1. The van der Waals surface area contributed by atoms with Crippen LogP contribution in [0.5, 0.6) is 0 Å². The Balaban J connectivity index is 2.44. The second kappa shape index (κ2) is 7.87. The minimum absolute atomic E-state index is 0.199. The van der Waals surface area contributed by atoms with Crippen molar-refractivity contribution >= 4 is 17.6 Å². The Kier molecular flexibility index (Phi) is 6.15. The smallest absolute Gasteiger partial charge is 0.259 e. The summed E-state index contributed by atoms with van der Waals surface area (Å²) in [7, 11) is 0. The summed E-state index contributed by atoms with van der Waals surface area (Å²) in [4.78, 5) is 19.9. The van der Waals surface area contributed by atoms with Gasteiger partial charge in [0.15, 0.2) is 5.16 Å². The summed E-state index contributed by atoms with van der Waals surface area (Å²) in [5, 5.41) is 0.910. The van der Waals surface area contributed by atoms with Crippen molar-refractivity contribution in [1.82, 2.24) is 9.55 Å². The molecule has 0 aliphatic carbocycles. The van der Waals surface area contributed by atoms with Gasteiger partial charge in [0.2, 0.25) is 0 Å². The van der Waals surface area contributed by atoms with E-state index in [9.17, 15) is 4.79 Å². The van der Waals surface area contributed by atoms with E-state index in [1.165, 1.54) is 12.8 Å². The summed E-state index contributed by atoms with van der Waals surface area (Å²) in [5.41, 5.74) is 1.13. The molecule has 0 saturated heterocycles. The first-order valence-electron chi connectivity index (χ1n) is 8.24. The number of unbranched alkanes of at least 4 members (excludes halogenated alkanes) is 2. The zero-order valence-corrected chi connectivity index (χ0v) is 14.3. The van der Waals surface area contributed by atoms with E-state index in [1.807, 2.05) is 4.57 Å². The van der Waals surface area contributed by atoms with Crippen molar-refractivity contribution in [3.63, 3.8) is 0 Å². The van der Waals surface area contributed by atoms with Gasteiger partial charge in [0, 0.05) is 25.4 Å². The molecule has 0 spiro atoms. The number of anilines is 1.